The molecule has 0 saturated carbocycles. The van der Waals surface area contributed by atoms with Gasteiger partial charge in [0.15, 0.2) is 0 Å². The van der Waals surface area contributed by atoms with Gasteiger partial charge in [-0.3, -0.25) is 0 Å². The van der Waals surface area contributed by atoms with Crippen LogP contribution in [0.3, 0.4) is 0 Å². The van der Waals surface area contributed by atoms with E-state index in [0.717, 1.165) is 48.4 Å². The van der Waals surface area contributed by atoms with Crippen molar-refractivity contribution in [3.63, 3.8) is 0 Å². The maximum atomic E-state index is 12.1. The molecular weight excluding hydrogens is 332 g/mol. The molecule has 23 heavy (non-hydrogen) atoms. The third kappa shape index (κ3) is 2.62. The average molecular weight is 352 g/mol. The molecule has 0 atom stereocenters. The van der Waals surface area contributed by atoms with E-state index in [-0.39, 0.29) is 6.04 Å². The number of piperidine rings is 1. The Morgan fingerprint density at radius 3 is 2.70 bits per heavy atom. The number of anilines is 1. The number of hydrogen-bond acceptors (Lipinski definition) is 6. The number of rotatable bonds is 2. The largest absolute Gasteiger partial charge is 0.356 e. The molecule has 2 fully saturated rings. The first-order valence-electron chi connectivity index (χ1n) is 7.99. The molecule has 0 bridgehead atoms. The average Bonchev–Trinajstić information content (AvgIpc) is 3.10. The topological polar surface area (TPSA) is 66.4 Å². The van der Waals surface area contributed by atoms with Gasteiger partial charge in [-0.05, 0) is 37.1 Å². The smallest absolute Gasteiger partial charge is 0.214 e. The molecule has 2 saturated heterocycles. The number of hydrogen-bond donors (Lipinski definition) is 0. The first-order valence-corrected chi connectivity index (χ1v) is 10.5. The van der Waals surface area contributed by atoms with Gasteiger partial charge in [0.2, 0.25) is 10.0 Å². The van der Waals surface area contributed by atoms with E-state index in [1.807, 2.05) is 0 Å². The Morgan fingerprint density at radius 1 is 1.22 bits per heavy atom. The predicted octanol–water partition coefficient (Wildman–Crippen LogP) is 2.00. The lowest BCUT2D eigenvalue weighted by molar-refractivity contribution is 0.290. The Labute approximate surface area is 140 Å². The summed E-state index contributed by atoms with van der Waals surface area (Å²) in [6, 6.07) is 0.152. The van der Waals surface area contributed by atoms with E-state index < -0.39 is 10.0 Å². The van der Waals surface area contributed by atoms with E-state index in [2.05, 4.69) is 27.2 Å². The van der Waals surface area contributed by atoms with Gasteiger partial charge >= 0.3 is 0 Å². The summed E-state index contributed by atoms with van der Waals surface area (Å²) in [6.07, 6.45) is 4.13. The Kier molecular flexibility index (Phi) is 3.78. The summed E-state index contributed by atoms with van der Waals surface area (Å²) in [5.41, 5.74) is 1.21. The number of sulfonamides is 1. The van der Waals surface area contributed by atoms with Crippen molar-refractivity contribution in [3.8, 4) is 0 Å². The van der Waals surface area contributed by atoms with Crippen molar-refractivity contribution in [2.45, 2.75) is 32.2 Å². The Bertz CT molecular complexity index is 825. The lowest BCUT2D eigenvalue weighted by Crippen LogP contribution is -2.45. The van der Waals surface area contributed by atoms with Crippen LogP contribution in [0, 0.1) is 6.92 Å². The maximum absolute atomic E-state index is 12.1. The summed E-state index contributed by atoms with van der Waals surface area (Å²) >= 11 is 1.65. The minimum atomic E-state index is -3.01. The highest BCUT2D eigenvalue weighted by atomic mass is 32.2. The molecule has 0 amide bonds. The third-order valence-corrected chi connectivity index (χ3v) is 7.85. The van der Waals surface area contributed by atoms with E-state index in [4.69, 9.17) is 0 Å². The molecular formula is C15H20N4O2S2. The van der Waals surface area contributed by atoms with Crippen molar-refractivity contribution >= 4 is 37.4 Å². The fraction of sp³-hybridized carbons (Fsp3) is 0.600. The molecule has 0 aromatic carbocycles. The summed E-state index contributed by atoms with van der Waals surface area (Å²) in [7, 11) is -3.01. The van der Waals surface area contributed by atoms with Crippen LogP contribution in [0.5, 0.6) is 0 Å². The van der Waals surface area contributed by atoms with Crippen LogP contribution in [0.2, 0.25) is 0 Å². The summed E-state index contributed by atoms with van der Waals surface area (Å²) in [4.78, 5) is 12.2. The highest BCUT2D eigenvalue weighted by Gasteiger charge is 2.36. The van der Waals surface area contributed by atoms with Gasteiger partial charge < -0.3 is 4.90 Å². The van der Waals surface area contributed by atoms with Crippen LogP contribution in [0.1, 0.15) is 24.8 Å². The van der Waals surface area contributed by atoms with E-state index in [9.17, 15) is 8.42 Å². The van der Waals surface area contributed by atoms with Gasteiger partial charge in [0.05, 0.1) is 11.1 Å². The highest BCUT2D eigenvalue weighted by Crippen LogP contribution is 2.33. The Balaban J connectivity index is 1.54. The van der Waals surface area contributed by atoms with Crippen molar-refractivity contribution in [2.75, 3.05) is 30.3 Å². The van der Waals surface area contributed by atoms with Crippen LogP contribution in [-0.2, 0) is 10.0 Å². The minimum absolute atomic E-state index is 0.152. The normalized spacial score (nSPS) is 22.9. The zero-order valence-electron chi connectivity index (χ0n) is 13.1. The van der Waals surface area contributed by atoms with Crippen LogP contribution < -0.4 is 4.90 Å². The summed E-state index contributed by atoms with van der Waals surface area (Å²) in [5.74, 6) is 1.31. The first kappa shape index (κ1) is 15.3. The zero-order valence-corrected chi connectivity index (χ0v) is 14.7. The number of aryl methyl sites for hydroxylation is 1. The fourth-order valence-electron chi connectivity index (χ4n) is 3.67. The predicted molar refractivity (Wildman–Crippen MR) is 92.5 cm³/mol. The Morgan fingerprint density at radius 2 is 2.00 bits per heavy atom. The molecule has 0 N–H and O–H groups in total. The fourth-order valence-corrected chi connectivity index (χ4v) is 6.36. The van der Waals surface area contributed by atoms with Gasteiger partial charge in [0.1, 0.15) is 17.0 Å². The van der Waals surface area contributed by atoms with Crippen molar-refractivity contribution in [1.82, 2.24) is 14.3 Å². The van der Waals surface area contributed by atoms with Gasteiger partial charge in [-0.15, -0.1) is 11.3 Å². The van der Waals surface area contributed by atoms with Gasteiger partial charge in [0, 0.05) is 25.7 Å². The third-order valence-electron chi connectivity index (χ3n) is 4.84. The molecule has 124 valence electrons. The standard InChI is InChI=1S/C15H20N4O2S2/c1-11-9-22-15-13(11)14(16-10-17-15)18-6-3-12(4-7-18)19-5-2-8-23(19,20)21/h9-10,12H,2-8H2,1H3. The highest BCUT2D eigenvalue weighted by molar-refractivity contribution is 7.89. The lowest BCUT2D eigenvalue weighted by Gasteiger charge is -2.36. The zero-order chi connectivity index (χ0) is 16.0. The minimum Gasteiger partial charge on any atom is -0.356 e. The quantitative estimate of drug-likeness (QED) is 0.827. The second kappa shape index (κ2) is 5.68. The van der Waals surface area contributed by atoms with E-state index in [1.165, 1.54) is 5.56 Å². The SMILES string of the molecule is Cc1csc2ncnc(N3CCC(N4CCCS4(=O)=O)CC3)c12. The van der Waals surface area contributed by atoms with E-state index >= 15 is 0 Å². The number of fused-ring (bicyclic) bond motifs is 1. The van der Waals surface area contributed by atoms with Crippen molar-refractivity contribution in [3.05, 3.63) is 17.3 Å². The van der Waals surface area contributed by atoms with Crippen molar-refractivity contribution in [2.24, 2.45) is 0 Å². The van der Waals surface area contributed by atoms with Crippen molar-refractivity contribution < 1.29 is 8.42 Å². The van der Waals surface area contributed by atoms with E-state index in [1.54, 1.807) is 22.0 Å². The molecule has 2 aliphatic rings. The van der Waals surface area contributed by atoms with Crippen LogP contribution in [-0.4, -0.2) is 54.1 Å². The number of nitrogens with zero attached hydrogens (tertiary/aromatic N) is 4. The molecule has 2 aromatic heterocycles. The molecule has 2 aliphatic heterocycles. The molecule has 0 aliphatic carbocycles. The van der Waals surface area contributed by atoms with Crippen LogP contribution >= 0.6 is 11.3 Å². The monoisotopic (exact) mass is 352 g/mol. The molecule has 2 aromatic rings. The van der Waals surface area contributed by atoms with Crippen molar-refractivity contribution in [1.29, 1.82) is 0 Å². The summed E-state index contributed by atoms with van der Waals surface area (Å²) in [5, 5.41) is 3.26. The van der Waals surface area contributed by atoms with Gasteiger partial charge in [0.25, 0.3) is 0 Å². The molecule has 4 heterocycles. The summed E-state index contributed by atoms with van der Waals surface area (Å²) < 4.78 is 25.9. The van der Waals surface area contributed by atoms with Gasteiger partial charge in [-0.1, -0.05) is 0 Å². The van der Waals surface area contributed by atoms with Crippen LogP contribution in [0.25, 0.3) is 10.2 Å². The van der Waals surface area contributed by atoms with Gasteiger partial charge in [-0.25, -0.2) is 18.4 Å². The molecule has 0 unspecified atom stereocenters. The van der Waals surface area contributed by atoms with Crippen LogP contribution in [0.4, 0.5) is 5.82 Å². The molecule has 0 spiro atoms. The molecule has 0 radical (unpaired) electrons. The molecule has 6 nitrogen and oxygen atoms in total. The second-order valence-corrected chi connectivity index (χ2v) is 9.19. The number of aromatic nitrogens is 2. The number of thiophene rings is 1. The van der Waals surface area contributed by atoms with Gasteiger partial charge in [-0.2, -0.15) is 4.31 Å². The Hall–Kier alpha value is -1.25. The second-order valence-electron chi connectivity index (χ2n) is 6.29. The summed E-state index contributed by atoms with van der Waals surface area (Å²) in [6.45, 7) is 4.47. The lowest BCUT2D eigenvalue weighted by atomic mass is 10.0. The first-order chi connectivity index (χ1) is 11.1. The molecule has 8 heteroatoms. The van der Waals surface area contributed by atoms with Crippen LogP contribution in [0.15, 0.2) is 11.7 Å². The van der Waals surface area contributed by atoms with E-state index in [0.29, 0.717) is 12.3 Å². The molecule has 4 rings (SSSR count). The maximum Gasteiger partial charge on any atom is 0.214 e.